The van der Waals surface area contributed by atoms with E-state index < -0.39 is 0 Å². The number of aliphatic hydroxyl groups excluding tert-OH is 1. The Morgan fingerprint density at radius 2 is 2.00 bits per heavy atom. The first-order chi connectivity index (χ1) is 6.26. The van der Waals surface area contributed by atoms with Crippen LogP contribution in [0.5, 0.6) is 0 Å². The predicted octanol–water partition coefficient (Wildman–Crippen LogP) is 3.01. The molecule has 0 saturated heterocycles. The first kappa shape index (κ1) is 10.7. The van der Waals surface area contributed by atoms with Gasteiger partial charge in [0.05, 0.1) is 6.10 Å². The quantitative estimate of drug-likeness (QED) is 0.771. The molecule has 1 atom stereocenters. The second-order valence-electron chi connectivity index (χ2n) is 3.37. The van der Waals surface area contributed by atoms with E-state index >= 15 is 0 Å². The summed E-state index contributed by atoms with van der Waals surface area (Å²) in [6.45, 7) is 4.27. The molecule has 1 unspecified atom stereocenters. The van der Waals surface area contributed by atoms with Crippen LogP contribution < -0.4 is 0 Å². The Bertz CT molecular complexity index is 242. The molecule has 0 aromatic carbocycles. The van der Waals surface area contributed by atoms with Crippen molar-refractivity contribution in [1.29, 1.82) is 0 Å². The van der Waals surface area contributed by atoms with E-state index in [1.807, 2.05) is 11.3 Å². The summed E-state index contributed by atoms with van der Waals surface area (Å²) in [6.07, 6.45) is 3.77. The normalized spacial score (nSPS) is 13.2. The summed E-state index contributed by atoms with van der Waals surface area (Å²) in [7, 11) is 0. The van der Waals surface area contributed by atoms with Gasteiger partial charge in [-0.1, -0.05) is 20.3 Å². The van der Waals surface area contributed by atoms with E-state index in [4.69, 9.17) is 0 Å². The van der Waals surface area contributed by atoms with Gasteiger partial charge in [-0.05, 0) is 25.0 Å². The monoisotopic (exact) mass is 198 g/mol. The van der Waals surface area contributed by atoms with Crippen LogP contribution in [0.3, 0.4) is 0 Å². The maximum absolute atomic E-state index is 9.59. The number of hydrogen-bond donors (Lipinski definition) is 1. The van der Waals surface area contributed by atoms with E-state index in [1.54, 1.807) is 0 Å². The topological polar surface area (TPSA) is 20.2 Å². The van der Waals surface area contributed by atoms with Gasteiger partial charge in [-0.3, -0.25) is 0 Å². The summed E-state index contributed by atoms with van der Waals surface area (Å²) < 4.78 is 0. The van der Waals surface area contributed by atoms with Gasteiger partial charge in [0.25, 0.3) is 0 Å². The lowest BCUT2D eigenvalue weighted by Gasteiger charge is -2.06. The molecule has 0 bridgehead atoms. The summed E-state index contributed by atoms with van der Waals surface area (Å²) in [5.74, 6) is 0. The van der Waals surface area contributed by atoms with Crippen LogP contribution in [0.4, 0.5) is 0 Å². The largest absolute Gasteiger partial charge is 0.393 e. The van der Waals surface area contributed by atoms with E-state index in [-0.39, 0.29) is 6.10 Å². The molecule has 1 heterocycles. The summed E-state index contributed by atoms with van der Waals surface area (Å²) >= 11 is 1.83. The van der Waals surface area contributed by atoms with Gasteiger partial charge < -0.3 is 5.11 Å². The van der Waals surface area contributed by atoms with Crippen LogP contribution in [0.1, 0.15) is 36.4 Å². The first-order valence-electron chi connectivity index (χ1n) is 5.01. The molecule has 0 aliphatic heterocycles. The highest BCUT2D eigenvalue weighted by molar-refractivity contribution is 7.11. The molecule has 13 heavy (non-hydrogen) atoms. The number of hydrogen-bond acceptors (Lipinski definition) is 2. The molecule has 74 valence electrons. The van der Waals surface area contributed by atoms with Crippen LogP contribution in [-0.4, -0.2) is 11.2 Å². The minimum absolute atomic E-state index is 0.145. The van der Waals surface area contributed by atoms with E-state index in [1.165, 1.54) is 9.75 Å². The lowest BCUT2D eigenvalue weighted by Crippen LogP contribution is -2.08. The standard InChI is InChI=1S/C11H18OS/c1-3-5-9(12)8-11-7-6-10(4-2)13-11/h6-7,9,12H,3-5,8H2,1-2H3. The Morgan fingerprint density at radius 3 is 2.54 bits per heavy atom. The molecular formula is C11H18OS. The highest BCUT2D eigenvalue weighted by atomic mass is 32.1. The van der Waals surface area contributed by atoms with Crippen molar-refractivity contribution in [3.8, 4) is 0 Å². The van der Waals surface area contributed by atoms with Crippen LogP contribution in [0.2, 0.25) is 0 Å². The molecule has 0 spiro atoms. The minimum Gasteiger partial charge on any atom is -0.393 e. The van der Waals surface area contributed by atoms with Crippen LogP contribution in [-0.2, 0) is 12.8 Å². The number of thiophene rings is 1. The Labute approximate surface area is 84.4 Å². The molecule has 0 radical (unpaired) electrons. The van der Waals surface area contributed by atoms with Gasteiger partial charge in [0.2, 0.25) is 0 Å². The van der Waals surface area contributed by atoms with Crippen molar-refractivity contribution in [2.24, 2.45) is 0 Å². The maximum atomic E-state index is 9.59. The maximum Gasteiger partial charge on any atom is 0.0588 e. The molecule has 0 aliphatic carbocycles. The Kier molecular flexibility index (Phi) is 4.46. The molecule has 1 aromatic rings. The van der Waals surface area contributed by atoms with E-state index in [0.717, 1.165) is 25.7 Å². The average Bonchev–Trinajstić information content (AvgIpc) is 2.52. The fourth-order valence-electron chi connectivity index (χ4n) is 1.39. The molecule has 2 heteroatoms. The lowest BCUT2D eigenvalue weighted by molar-refractivity contribution is 0.165. The zero-order chi connectivity index (χ0) is 9.68. The Morgan fingerprint density at radius 1 is 1.31 bits per heavy atom. The zero-order valence-electron chi connectivity index (χ0n) is 8.42. The molecule has 0 aliphatic rings. The summed E-state index contributed by atoms with van der Waals surface area (Å²) in [5.41, 5.74) is 0. The summed E-state index contributed by atoms with van der Waals surface area (Å²) in [4.78, 5) is 2.73. The molecule has 1 N–H and O–H groups in total. The van der Waals surface area contributed by atoms with Gasteiger partial charge in [-0.15, -0.1) is 11.3 Å². The number of rotatable bonds is 5. The molecule has 1 nitrogen and oxygen atoms in total. The van der Waals surface area contributed by atoms with Crippen LogP contribution in [0.25, 0.3) is 0 Å². The highest BCUT2D eigenvalue weighted by Crippen LogP contribution is 2.19. The SMILES string of the molecule is CCCC(O)Cc1ccc(CC)s1. The molecule has 0 amide bonds. The van der Waals surface area contributed by atoms with Crippen LogP contribution in [0, 0.1) is 0 Å². The van der Waals surface area contributed by atoms with E-state index in [2.05, 4.69) is 26.0 Å². The Hall–Kier alpha value is -0.340. The second-order valence-corrected chi connectivity index (χ2v) is 4.62. The van der Waals surface area contributed by atoms with E-state index in [9.17, 15) is 5.11 Å². The van der Waals surface area contributed by atoms with Crippen molar-refractivity contribution in [3.63, 3.8) is 0 Å². The molecular weight excluding hydrogens is 180 g/mol. The van der Waals surface area contributed by atoms with Gasteiger partial charge in [0.15, 0.2) is 0 Å². The van der Waals surface area contributed by atoms with Crippen molar-refractivity contribution in [2.45, 2.75) is 45.6 Å². The minimum atomic E-state index is -0.145. The third-order valence-electron chi connectivity index (χ3n) is 2.12. The van der Waals surface area contributed by atoms with Gasteiger partial charge in [0.1, 0.15) is 0 Å². The third kappa shape index (κ3) is 3.49. The fourth-order valence-corrected chi connectivity index (χ4v) is 2.42. The predicted molar refractivity (Wildman–Crippen MR) is 58.3 cm³/mol. The second kappa shape index (κ2) is 5.40. The fraction of sp³-hybridized carbons (Fsp3) is 0.636. The van der Waals surface area contributed by atoms with Crippen molar-refractivity contribution < 1.29 is 5.11 Å². The lowest BCUT2D eigenvalue weighted by atomic mass is 10.1. The summed E-state index contributed by atoms with van der Waals surface area (Å²) in [5, 5.41) is 9.59. The Balaban J connectivity index is 2.44. The summed E-state index contributed by atoms with van der Waals surface area (Å²) in [6, 6.07) is 4.31. The third-order valence-corrected chi connectivity index (χ3v) is 3.38. The van der Waals surface area contributed by atoms with Gasteiger partial charge in [-0.2, -0.15) is 0 Å². The van der Waals surface area contributed by atoms with Crippen molar-refractivity contribution in [1.82, 2.24) is 0 Å². The molecule has 1 aromatic heterocycles. The van der Waals surface area contributed by atoms with Gasteiger partial charge in [0, 0.05) is 16.2 Å². The van der Waals surface area contributed by atoms with Crippen LogP contribution >= 0.6 is 11.3 Å². The molecule has 0 fully saturated rings. The highest BCUT2D eigenvalue weighted by Gasteiger charge is 2.05. The average molecular weight is 198 g/mol. The van der Waals surface area contributed by atoms with Crippen molar-refractivity contribution >= 4 is 11.3 Å². The van der Waals surface area contributed by atoms with Crippen molar-refractivity contribution in [3.05, 3.63) is 21.9 Å². The smallest absolute Gasteiger partial charge is 0.0588 e. The molecule has 0 saturated carbocycles. The van der Waals surface area contributed by atoms with E-state index in [0.29, 0.717) is 0 Å². The first-order valence-corrected chi connectivity index (χ1v) is 5.83. The van der Waals surface area contributed by atoms with Crippen molar-refractivity contribution in [2.75, 3.05) is 0 Å². The van der Waals surface area contributed by atoms with Gasteiger partial charge in [-0.25, -0.2) is 0 Å². The molecule has 1 rings (SSSR count). The van der Waals surface area contributed by atoms with Gasteiger partial charge >= 0.3 is 0 Å². The zero-order valence-corrected chi connectivity index (χ0v) is 9.23. The number of aliphatic hydroxyl groups is 1. The number of aryl methyl sites for hydroxylation is 1. The van der Waals surface area contributed by atoms with Crippen LogP contribution in [0.15, 0.2) is 12.1 Å².